The van der Waals surface area contributed by atoms with Crippen molar-refractivity contribution in [1.29, 1.82) is 0 Å². The van der Waals surface area contributed by atoms with Crippen molar-refractivity contribution in [3.8, 4) is 0 Å². The number of benzene rings is 2. The van der Waals surface area contributed by atoms with Crippen LogP contribution >= 0.6 is 23.1 Å². The molecule has 0 saturated heterocycles. The number of halogens is 1. The van der Waals surface area contributed by atoms with Crippen molar-refractivity contribution in [2.24, 2.45) is 0 Å². The Morgan fingerprint density at radius 2 is 1.84 bits per heavy atom. The number of anilines is 3. The van der Waals surface area contributed by atoms with E-state index in [1.54, 1.807) is 0 Å². The Hall–Kier alpha value is -3.77. The molecule has 9 nitrogen and oxygen atoms in total. The molecule has 2 aromatic heterocycles. The zero-order chi connectivity index (χ0) is 22.7. The van der Waals surface area contributed by atoms with Gasteiger partial charge in [0.25, 0.3) is 11.5 Å². The van der Waals surface area contributed by atoms with Crippen LogP contribution in [0, 0.1) is 5.82 Å². The molecule has 2 amide bonds. The minimum atomic E-state index is -0.679. The molecule has 0 spiro atoms. The van der Waals surface area contributed by atoms with Crippen molar-refractivity contribution in [2.75, 3.05) is 22.1 Å². The summed E-state index contributed by atoms with van der Waals surface area (Å²) in [5.41, 5.74) is 5.84. The molecular weight excluding hydrogens is 455 g/mol. The predicted molar refractivity (Wildman–Crippen MR) is 123 cm³/mol. The maximum absolute atomic E-state index is 13.0. The van der Waals surface area contributed by atoms with Crippen LogP contribution in [0.25, 0.3) is 10.2 Å². The lowest BCUT2D eigenvalue weighted by Gasteiger charge is -2.08. The molecule has 0 aliphatic carbocycles. The monoisotopic (exact) mass is 470 g/mol. The Morgan fingerprint density at radius 3 is 2.56 bits per heavy atom. The van der Waals surface area contributed by atoms with Crippen LogP contribution in [0.3, 0.4) is 0 Å². The lowest BCUT2D eigenvalue weighted by Crippen LogP contribution is -2.23. The number of carbonyl (C=O) groups is 2. The Kier molecular flexibility index (Phi) is 6.14. The smallest absolute Gasteiger partial charge is 0.277 e. The maximum atomic E-state index is 13.0. The third kappa shape index (κ3) is 4.92. The fourth-order valence-corrected chi connectivity index (χ4v) is 4.21. The number of nitrogen functional groups attached to an aromatic ring is 1. The molecule has 0 aliphatic rings. The normalized spacial score (nSPS) is 10.8. The van der Waals surface area contributed by atoms with Gasteiger partial charge < -0.3 is 16.4 Å². The lowest BCUT2D eigenvalue weighted by molar-refractivity contribution is -0.113. The van der Waals surface area contributed by atoms with Crippen LogP contribution in [0.4, 0.5) is 21.0 Å². The van der Waals surface area contributed by atoms with Crippen molar-refractivity contribution >= 4 is 61.8 Å². The summed E-state index contributed by atoms with van der Waals surface area (Å²) in [6, 6.07) is 12.3. The van der Waals surface area contributed by atoms with Crippen LogP contribution in [0.5, 0.6) is 0 Å². The fourth-order valence-electron chi connectivity index (χ4n) is 2.66. The number of aromatic amines is 1. The second-order valence-electron chi connectivity index (χ2n) is 6.42. The molecule has 5 N–H and O–H groups in total. The van der Waals surface area contributed by atoms with E-state index in [1.807, 2.05) is 24.3 Å². The molecule has 4 aromatic rings. The summed E-state index contributed by atoms with van der Waals surface area (Å²) >= 11 is 2.32. The van der Waals surface area contributed by atoms with E-state index in [1.165, 1.54) is 23.5 Å². The number of hydrogen-bond acceptors (Lipinski definition) is 8. The molecule has 0 aliphatic heterocycles. The van der Waals surface area contributed by atoms with E-state index in [9.17, 15) is 18.8 Å². The molecule has 32 heavy (non-hydrogen) atoms. The molecule has 0 fully saturated rings. The first kappa shape index (κ1) is 21.5. The van der Waals surface area contributed by atoms with Gasteiger partial charge >= 0.3 is 0 Å². The second-order valence-corrected chi connectivity index (χ2v) is 8.41. The summed E-state index contributed by atoms with van der Waals surface area (Å²) in [7, 11) is 0. The molecule has 12 heteroatoms. The zero-order valence-electron chi connectivity index (χ0n) is 16.2. The third-order valence-corrected chi connectivity index (χ3v) is 5.98. The number of thioether (sulfide) groups is 1. The van der Waals surface area contributed by atoms with Gasteiger partial charge in [-0.15, -0.1) is 0 Å². The first-order valence-corrected chi connectivity index (χ1v) is 10.9. The molecule has 0 radical (unpaired) electrons. The number of carbonyl (C=O) groups excluding carboxylic acids is 2. The van der Waals surface area contributed by atoms with Gasteiger partial charge in [0.05, 0.1) is 16.0 Å². The van der Waals surface area contributed by atoms with Crippen LogP contribution in [0.15, 0.2) is 58.5 Å². The summed E-state index contributed by atoms with van der Waals surface area (Å²) in [6.45, 7) is 0. The number of thiazole rings is 1. The van der Waals surface area contributed by atoms with Crippen molar-refractivity contribution in [2.45, 2.75) is 5.16 Å². The van der Waals surface area contributed by atoms with E-state index >= 15 is 0 Å². The van der Waals surface area contributed by atoms with Crippen LogP contribution in [-0.4, -0.2) is 32.5 Å². The van der Waals surface area contributed by atoms with E-state index in [0.717, 1.165) is 34.1 Å². The van der Waals surface area contributed by atoms with Gasteiger partial charge in [0.15, 0.2) is 16.1 Å². The second kappa shape index (κ2) is 9.16. The van der Waals surface area contributed by atoms with Gasteiger partial charge in [-0.2, -0.15) is 0 Å². The first-order chi connectivity index (χ1) is 15.4. The number of hydrogen-bond donors (Lipinski definition) is 4. The number of para-hydroxylation sites is 1. The van der Waals surface area contributed by atoms with Gasteiger partial charge in [-0.25, -0.2) is 14.4 Å². The molecule has 4 rings (SSSR count). The number of fused-ring (bicyclic) bond motifs is 1. The number of nitrogens with one attached hydrogen (secondary N) is 3. The van der Waals surface area contributed by atoms with Gasteiger partial charge in [0, 0.05) is 5.56 Å². The molecule has 162 valence electrons. The standard InChI is InChI=1S/C20H15FN6O3S2/c21-11-7-5-10(6-8-11)17(29)25-15-16(22)26-19(27-18(15)30)31-9-14(28)24-20-23-12-3-1-2-4-13(12)32-20/h1-8H,9H2,(H,25,29)(H,23,24,28)(H3,22,26,27,30). The van der Waals surface area contributed by atoms with Crippen LogP contribution in [-0.2, 0) is 4.79 Å². The van der Waals surface area contributed by atoms with Gasteiger partial charge in [-0.3, -0.25) is 19.4 Å². The van der Waals surface area contributed by atoms with Gasteiger partial charge in [0.1, 0.15) is 11.5 Å². The third-order valence-electron chi connectivity index (χ3n) is 4.15. The number of nitrogens with zero attached hydrogens (tertiary/aromatic N) is 2. The summed E-state index contributed by atoms with van der Waals surface area (Å²) in [4.78, 5) is 47.6. The van der Waals surface area contributed by atoms with Crippen molar-refractivity contribution in [3.63, 3.8) is 0 Å². The van der Waals surface area contributed by atoms with E-state index < -0.39 is 17.3 Å². The average molecular weight is 471 g/mol. The predicted octanol–water partition coefficient (Wildman–Crippen LogP) is 3.08. The Labute approximate surface area is 188 Å². The zero-order valence-corrected chi connectivity index (χ0v) is 17.8. The van der Waals surface area contributed by atoms with Crippen molar-refractivity contribution < 1.29 is 14.0 Å². The van der Waals surface area contributed by atoms with E-state index in [4.69, 9.17) is 5.73 Å². The van der Waals surface area contributed by atoms with Gasteiger partial charge in [0.2, 0.25) is 5.91 Å². The number of rotatable bonds is 6. The maximum Gasteiger partial charge on any atom is 0.277 e. The number of aromatic nitrogens is 3. The van der Waals surface area contributed by atoms with Gasteiger partial charge in [-0.05, 0) is 36.4 Å². The Bertz CT molecular complexity index is 1340. The highest BCUT2D eigenvalue weighted by Crippen LogP contribution is 2.25. The number of nitrogens with two attached hydrogens (primary N) is 1. The quantitative estimate of drug-likeness (QED) is 0.250. The van der Waals surface area contributed by atoms with E-state index in [0.29, 0.717) is 5.13 Å². The molecular formula is C20H15FN6O3S2. The summed E-state index contributed by atoms with van der Waals surface area (Å²) < 4.78 is 14.0. The average Bonchev–Trinajstić information content (AvgIpc) is 3.17. The van der Waals surface area contributed by atoms with E-state index in [2.05, 4.69) is 25.6 Å². The van der Waals surface area contributed by atoms with Crippen LogP contribution in [0.2, 0.25) is 0 Å². The van der Waals surface area contributed by atoms with E-state index in [-0.39, 0.29) is 33.9 Å². The van der Waals surface area contributed by atoms with Crippen LogP contribution < -0.4 is 21.9 Å². The highest BCUT2D eigenvalue weighted by atomic mass is 32.2. The molecule has 0 atom stereocenters. The minimum Gasteiger partial charge on any atom is -0.382 e. The number of H-pyrrole nitrogens is 1. The molecule has 0 unspecified atom stereocenters. The van der Waals surface area contributed by atoms with Crippen molar-refractivity contribution in [3.05, 3.63) is 70.3 Å². The topological polar surface area (TPSA) is 143 Å². The highest BCUT2D eigenvalue weighted by Gasteiger charge is 2.15. The van der Waals surface area contributed by atoms with Crippen LogP contribution in [0.1, 0.15) is 10.4 Å². The Balaban J connectivity index is 1.39. The first-order valence-electron chi connectivity index (χ1n) is 9.14. The summed E-state index contributed by atoms with van der Waals surface area (Å²) in [6.07, 6.45) is 0. The number of amides is 2. The Morgan fingerprint density at radius 1 is 1.09 bits per heavy atom. The minimum absolute atomic E-state index is 0.0421. The molecule has 0 bridgehead atoms. The highest BCUT2D eigenvalue weighted by molar-refractivity contribution is 7.99. The molecule has 2 aromatic carbocycles. The largest absolute Gasteiger partial charge is 0.382 e. The van der Waals surface area contributed by atoms with Gasteiger partial charge in [-0.1, -0.05) is 35.2 Å². The fraction of sp³-hybridized carbons (Fsp3) is 0.0500. The summed E-state index contributed by atoms with van der Waals surface area (Å²) in [5, 5.41) is 5.65. The molecule has 0 saturated carbocycles. The lowest BCUT2D eigenvalue weighted by atomic mass is 10.2. The molecule has 2 heterocycles. The van der Waals surface area contributed by atoms with Crippen molar-refractivity contribution in [1.82, 2.24) is 15.0 Å². The SMILES string of the molecule is Nc1nc(SCC(=O)Nc2nc3ccccc3s2)[nH]c(=O)c1NC(=O)c1ccc(F)cc1. The summed E-state index contributed by atoms with van der Waals surface area (Å²) in [5.74, 6) is -1.71.